The van der Waals surface area contributed by atoms with E-state index in [1.165, 1.54) is 12.1 Å². The predicted octanol–water partition coefficient (Wildman–Crippen LogP) is 4.67. The number of aromatic nitrogens is 1. The van der Waals surface area contributed by atoms with E-state index >= 15 is 0 Å². The molecule has 10 heteroatoms. The summed E-state index contributed by atoms with van der Waals surface area (Å²) in [6, 6.07) is 3.07. The van der Waals surface area contributed by atoms with Crippen LogP contribution in [0.25, 0.3) is 0 Å². The topological polar surface area (TPSA) is 59.1 Å². The van der Waals surface area contributed by atoms with Gasteiger partial charge in [-0.3, -0.25) is 4.72 Å². The van der Waals surface area contributed by atoms with Crippen molar-refractivity contribution in [3.05, 3.63) is 37.3 Å². The number of sulfonamides is 1. The van der Waals surface area contributed by atoms with E-state index in [1.807, 2.05) is 0 Å². The molecule has 0 saturated heterocycles. The zero-order chi connectivity index (χ0) is 14.2. The Labute approximate surface area is 136 Å². The van der Waals surface area contributed by atoms with Crippen LogP contribution >= 0.6 is 62.1 Å². The van der Waals surface area contributed by atoms with Gasteiger partial charge in [0.1, 0.15) is 0 Å². The second kappa shape index (κ2) is 5.75. The van der Waals surface area contributed by atoms with Gasteiger partial charge in [-0.2, -0.15) is 0 Å². The first kappa shape index (κ1) is 15.3. The zero-order valence-corrected chi connectivity index (χ0v) is 14.3. The number of nitrogens with zero attached hydrogens (tertiary/aromatic N) is 1. The molecule has 0 amide bonds. The van der Waals surface area contributed by atoms with Crippen LogP contribution in [0.4, 0.5) is 5.69 Å². The molecule has 4 nitrogen and oxygen atoms in total. The first-order valence-electron chi connectivity index (χ1n) is 4.58. The Hall–Kier alpha value is -0.0500. The SMILES string of the molecule is O=S(=O)(Nc1c(Cl)cc(Br)cc1Cl)c1cnc(Cl)s1. The van der Waals surface area contributed by atoms with Crippen LogP contribution in [-0.2, 0) is 10.0 Å². The molecular weight excluding hydrogens is 419 g/mol. The molecule has 0 aliphatic rings. The third-order valence-corrected chi connectivity index (χ3v) is 5.94. The molecule has 0 unspecified atom stereocenters. The number of hydrogen-bond acceptors (Lipinski definition) is 4. The molecule has 0 atom stereocenters. The van der Waals surface area contributed by atoms with Gasteiger partial charge >= 0.3 is 0 Å². The van der Waals surface area contributed by atoms with Crippen molar-refractivity contribution in [2.24, 2.45) is 0 Å². The second-order valence-corrected chi connectivity index (χ2v) is 8.53. The van der Waals surface area contributed by atoms with Crippen LogP contribution in [0, 0.1) is 0 Å². The minimum Gasteiger partial charge on any atom is -0.276 e. The molecule has 0 aliphatic heterocycles. The van der Waals surface area contributed by atoms with Gasteiger partial charge in [-0.05, 0) is 12.1 Å². The summed E-state index contributed by atoms with van der Waals surface area (Å²) in [5.74, 6) is 0. The van der Waals surface area contributed by atoms with Crippen LogP contribution < -0.4 is 4.72 Å². The summed E-state index contributed by atoms with van der Waals surface area (Å²) in [6.07, 6.45) is 1.16. The van der Waals surface area contributed by atoms with Gasteiger partial charge in [0.2, 0.25) is 0 Å². The molecule has 0 fully saturated rings. The summed E-state index contributed by atoms with van der Waals surface area (Å²) in [7, 11) is -3.81. The van der Waals surface area contributed by atoms with E-state index in [1.54, 1.807) is 0 Å². The third-order valence-electron chi connectivity index (χ3n) is 1.96. The van der Waals surface area contributed by atoms with Crippen LogP contribution in [0.3, 0.4) is 0 Å². The smallest absolute Gasteiger partial charge is 0.273 e. The van der Waals surface area contributed by atoms with E-state index in [0.717, 1.165) is 17.5 Å². The number of anilines is 1. The van der Waals surface area contributed by atoms with E-state index in [2.05, 4.69) is 25.6 Å². The first-order valence-corrected chi connectivity index (χ1v) is 8.81. The predicted molar refractivity (Wildman–Crippen MR) is 82.1 cm³/mol. The van der Waals surface area contributed by atoms with Gasteiger partial charge in [0.25, 0.3) is 10.0 Å². The molecule has 1 aromatic carbocycles. The van der Waals surface area contributed by atoms with Crippen molar-refractivity contribution in [1.29, 1.82) is 0 Å². The Balaban J connectivity index is 2.41. The molecule has 0 spiro atoms. The summed E-state index contributed by atoms with van der Waals surface area (Å²) in [4.78, 5) is 3.67. The molecule has 1 heterocycles. The Morgan fingerprint density at radius 1 is 1.21 bits per heavy atom. The Morgan fingerprint density at radius 2 is 1.79 bits per heavy atom. The average molecular weight is 423 g/mol. The standard InChI is InChI=1S/C9H4BrCl3N2O2S2/c10-4-1-5(11)8(6(12)2-4)15-19(16,17)7-3-14-9(13)18-7/h1-3,15H. The van der Waals surface area contributed by atoms with Crippen molar-refractivity contribution in [2.45, 2.75) is 4.21 Å². The van der Waals surface area contributed by atoms with E-state index in [0.29, 0.717) is 4.47 Å². The fourth-order valence-corrected chi connectivity index (χ4v) is 5.00. The lowest BCUT2D eigenvalue weighted by Gasteiger charge is -2.10. The summed E-state index contributed by atoms with van der Waals surface area (Å²) >= 11 is 21.6. The summed E-state index contributed by atoms with van der Waals surface area (Å²) in [5, 5.41) is 0.358. The van der Waals surface area contributed by atoms with Crippen molar-refractivity contribution in [3.63, 3.8) is 0 Å². The molecule has 1 N–H and O–H groups in total. The number of halogens is 4. The highest BCUT2D eigenvalue weighted by Gasteiger charge is 2.20. The molecule has 1 aromatic heterocycles. The number of benzene rings is 1. The summed E-state index contributed by atoms with van der Waals surface area (Å²) in [6.45, 7) is 0. The van der Waals surface area contributed by atoms with Gasteiger partial charge in [-0.25, -0.2) is 13.4 Å². The molecule has 0 bridgehead atoms. The van der Waals surface area contributed by atoms with E-state index in [9.17, 15) is 8.42 Å². The maximum atomic E-state index is 12.1. The van der Waals surface area contributed by atoms with Gasteiger partial charge in [0, 0.05) is 4.47 Å². The largest absolute Gasteiger partial charge is 0.276 e. The Kier molecular flexibility index (Phi) is 4.64. The molecule has 0 aliphatic carbocycles. The Morgan fingerprint density at radius 3 is 2.26 bits per heavy atom. The lowest BCUT2D eigenvalue weighted by molar-refractivity contribution is 0.603. The molecule has 2 aromatic rings. The van der Waals surface area contributed by atoms with Crippen LogP contribution in [0.5, 0.6) is 0 Å². The monoisotopic (exact) mass is 420 g/mol. The van der Waals surface area contributed by atoms with Crippen LogP contribution in [0.15, 0.2) is 27.0 Å². The number of nitrogens with one attached hydrogen (secondary N) is 1. The maximum Gasteiger partial charge on any atom is 0.273 e. The fraction of sp³-hybridized carbons (Fsp3) is 0. The first-order chi connectivity index (χ1) is 8.79. The van der Waals surface area contributed by atoms with Crippen molar-refractivity contribution in [3.8, 4) is 0 Å². The molecule has 2 rings (SSSR count). The van der Waals surface area contributed by atoms with E-state index in [4.69, 9.17) is 34.8 Å². The highest BCUT2D eigenvalue weighted by atomic mass is 79.9. The average Bonchev–Trinajstić information content (AvgIpc) is 2.71. The number of hydrogen-bond donors (Lipinski definition) is 1. The van der Waals surface area contributed by atoms with E-state index in [-0.39, 0.29) is 24.4 Å². The lowest BCUT2D eigenvalue weighted by atomic mass is 10.3. The number of thiazole rings is 1. The van der Waals surface area contributed by atoms with Gasteiger partial charge in [-0.15, -0.1) is 0 Å². The lowest BCUT2D eigenvalue weighted by Crippen LogP contribution is -2.12. The minimum absolute atomic E-state index is 0.0208. The molecule has 102 valence electrons. The normalized spacial score (nSPS) is 11.6. The maximum absolute atomic E-state index is 12.1. The van der Waals surface area contributed by atoms with Crippen molar-refractivity contribution in [2.75, 3.05) is 4.72 Å². The molecule has 19 heavy (non-hydrogen) atoms. The molecule has 0 radical (unpaired) electrons. The highest BCUT2D eigenvalue weighted by molar-refractivity contribution is 9.10. The van der Waals surface area contributed by atoms with Crippen LogP contribution in [0.1, 0.15) is 0 Å². The quantitative estimate of drug-likeness (QED) is 0.782. The third kappa shape index (κ3) is 3.53. The summed E-state index contributed by atoms with van der Waals surface area (Å²) < 4.78 is 27.2. The second-order valence-electron chi connectivity index (χ2n) is 3.28. The zero-order valence-electron chi connectivity index (χ0n) is 8.82. The number of rotatable bonds is 3. The van der Waals surface area contributed by atoms with Crippen LogP contribution in [0.2, 0.25) is 14.5 Å². The fourth-order valence-electron chi connectivity index (χ4n) is 1.19. The van der Waals surface area contributed by atoms with Crippen molar-refractivity contribution < 1.29 is 8.42 Å². The summed E-state index contributed by atoms with van der Waals surface area (Å²) in [5.41, 5.74) is 0.107. The van der Waals surface area contributed by atoms with Crippen molar-refractivity contribution in [1.82, 2.24) is 4.98 Å². The van der Waals surface area contributed by atoms with Gasteiger partial charge in [-0.1, -0.05) is 62.1 Å². The van der Waals surface area contributed by atoms with Gasteiger partial charge in [0.05, 0.1) is 21.9 Å². The van der Waals surface area contributed by atoms with Gasteiger partial charge in [0.15, 0.2) is 8.68 Å². The van der Waals surface area contributed by atoms with Crippen LogP contribution in [-0.4, -0.2) is 13.4 Å². The minimum atomic E-state index is -3.81. The molecule has 0 saturated carbocycles. The Bertz CT molecular complexity index is 710. The van der Waals surface area contributed by atoms with E-state index < -0.39 is 10.0 Å². The van der Waals surface area contributed by atoms with Gasteiger partial charge < -0.3 is 0 Å². The van der Waals surface area contributed by atoms with Crippen molar-refractivity contribution >= 4 is 77.8 Å². The molecular formula is C9H4BrCl3N2O2S2. The highest BCUT2D eigenvalue weighted by Crippen LogP contribution is 2.36.